The number of hydrogen-bond acceptors (Lipinski definition) is 4. The Morgan fingerprint density at radius 3 is 2.21 bits per heavy atom. The molecule has 9 heteroatoms. The van der Waals surface area contributed by atoms with E-state index in [1.165, 1.54) is 4.31 Å². The molecule has 2 heterocycles. The molecule has 0 radical (unpaired) electrons. The van der Waals surface area contributed by atoms with Gasteiger partial charge in [0.25, 0.3) is 0 Å². The number of sulfonamides is 1. The minimum absolute atomic E-state index is 0.116. The molecule has 1 atom stereocenters. The van der Waals surface area contributed by atoms with E-state index in [0.717, 1.165) is 23.3 Å². The molecule has 2 aromatic carbocycles. The van der Waals surface area contributed by atoms with Crippen molar-refractivity contribution in [3.63, 3.8) is 0 Å². The normalized spacial score (nSPS) is 16.3. The maximum absolute atomic E-state index is 13.5. The summed E-state index contributed by atoms with van der Waals surface area (Å²) in [5.74, 6) is -2.85. The van der Waals surface area contributed by atoms with Crippen molar-refractivity contribution in [2.45, 2.75) is 23.8 Å². The Labute approximate surface area is 191 Å². The number of amides is 1. The van der Waals surface area contributed by atoms with E-state index in [2.05, 4.69) is 10.3 Å². The third-order valence-corrected chi connectivity index (χ3v) is 7.71. The summed E-state index contributed by atoms with van der Waals surface area (Å²) in [6.45, 7) is 0.232. The van der Waals surface area contributed by atoms with Crippen LogP contribution in [0.5, 0.6) is 0 Å². The Hall–Kier alpha value is -3.17. The molecule has 6 nitrogen and oxygen atoms in total. The number of carbonyl (C=O) groups is 1. The van der Waals surface area contributed by atoms with Gasteiger partial charge in [0.05, 0.1) is 10.9 Å². The topological polar surface area (TPSA) is 79.4 Å². The highest BCUT2D eigenvalue weighted by molar-refractivity contribution is 7.89. The van der Waals surface area contributed by atoms with Gasteiger partial charge in [0, 0.05) is 31.4 Å². The molecule has 1 amide bonds. The van der Waals surface area contributed by atoms with E-state index in [4.69, 9.17) is 0 Å². The second-order valence-corrected chi connectivity index (χ2v) is 9.83. The molecule has 1 aliphatic rings. The van der Waals surface area contributed by atoms with Crippen molar-refractivity contribution < 1.29 is 22.0 Å². The van der Waals surface area contributed by atoms with Crippen LogP contribution in [0, 0.1) is 17.6 Å². The van der Waals surface area contributed by atoms with Crippen LogP contribution in [0.2, 0.25) is 0 Å². The average molecular weight is 472 g/mol. The predicted molar refractivity (Wildman–Crippen MR) is 119 cm³/mol. The maximum atomic E-state index is 13.5. The van der Waals surface area contributed by atoms with Gasteiger partial charge in [-0.05, 0) is 54.3 Å². The van der Waals surface area contributed by atoms with Gasteiger partial charge < -0.3 is 5.32 Å². The molecule has 1 fully saturated rings. The largest absolute Gasteiger partial charge is 0.345 e. The lowest BCUT2D eigenvalue weighted by Gasteiger charge is -2.31. The number of aromatic nitrogens is 1. The van der Waals surface area contributed by atoms with Crippen molar-refractivity contribution in [1.82, 2.24) is 14.6 Å². The molecule has 1 aromatic heterocycles. The number of halogens is 2. The summed E-state index contributed by atoms with van der Waals surface area (Å²) in [4.78, 5) is 16.8. The Kier molecular flexibility index (Phi) is 6.80. The van der Waals surface area contributed by atoms with Crippen LogP contribution in [0.4, 0.5) is 8.78 Å². The van der Waals surface area contributed by atoms with Crippen LogP contribution in [-0.4, -0.2) is 36.7 Å². The maximum Gasteiger partial charge on any atom is 0.243 e. The first kappa shape index (κ1) is 23.0. The molecule has 1 aliphatic heterocycles. The van der Waals surface area contributed by atoms with Gasteiger partial charge in [-0.2, -0.15) is 4.31 Å². The number of hydrogen-bond donors (Lipinski definition) is 1. The van der Waals surface area contributed by atoms with E-state index >= 15 is 0 Å². The molecule has 1 N–H and O–H groups in total. The molecule has 0 saturated carbocycles. The number of nitrogens with one attached hydrogen (secondary N) is 1. The van der Waals surface area contributed by atoms with Gasteiger partial charge in [0.1, 0.15) is 0 Å². The standard InChI is InChI=1S/C24H23F2N3O3S/c25-21-7-6-20(16-22(21)26)33(31,32)29-14-10-19(11-15-29)24(30)28-23(17-4-2-1-3-5-17)18-8-12-27-13-9-18/h1-9,12-13,16,19,23H,10-11,14-15H2,(H,28,30). The van der Waals surface area contributed by atoms with Gasteiger partial charge in [-0.25, -0.2) is 17.2 Å². The molecule has 33 heavy (non-hydrogen) atoms. The van der Waals surface area contributed by atoms with Crippen molar-refractivity contribution in [3.05, 3.63) is 95.8 Å². The second kappa shape index (κ2) is 9.76. The Balaban J connectivity index is 1.45. The lowest BCUT2D eigenvalue weighted by molar-refractivity contribution is -0.126. The summed E-state index contributed by atoms with van der Waals surface area (Å²) in [6, 6.07) is 15.4. The summed E-state index contributed by atoms with van der Waals surface area (Å²) in [6.07, 6.45) is 3.98. The number of piperidine rings is 1. The summed E-state index contributed by atoms with van der Waals surface area (Å²) in [7, 11) is -3.97. The van der Waals surface area contributed by atoms with Crippen molar-refractivity contribution in [3.8, 4) is 0 Å². The highest BCUT2D eigenvalue weighted by Gasteiger charge is 2.33. The zero-order valence-electron chi connectivity index (χ0n) is 17.7. The van der Waals surface area contributed by atoms with E-state index in [9.17, 15) is 22.0 Å². The fourth-order valence-electron chi connectivity index (χ4n) is 3.97. The summed E-state index contributed by atoms with van der Waals surface area (Å²) >= 11 is 0. The number of benzene rings is 2. The van der Waals surface area contributed by atoms with Gasteiger partial charge in [-0.3, -0.25) is 9.78 Å². The first-order chi connectivity index (χ1) is 15.9. The summed E-state index contributed by atoms with van der Waals surface area (Å²) in [5, 5.41) is 3.09. The SMILES string of the molecule is O=C(NC(c1ccccc1)c1ccncc1)C1CCN(S(=O)(=O)c2ccc(F)c(F)c2)CC1. The van der Waals surface area contributed by atoms with Crippen LogP contribution in [0.25, 0.3) is 0 Å². The van der Waals surface area contributed by atoms with E-state index in [1.807, 2.05) is 42.5 Å². The highest BCUT2D eigenvalue weighted by atomic mass is 32.2. The Morgan fingerprint density at radius 2 is 1.58 bits per heavy atom. The van der Waals surface area contributed by atoms with Crippen LogP contribution in [0.15, 0.2) is 78.0 Å². The molecule has 0 spiro atoms. The Bertz CT molecular complexity index is 1180. The summed E-state index contributed by atoms with van der Waals surface area (Å²) < 4.78 is 53.5. The van der Waals surface area contributed by atoms with Crippen molar-refractivity contribution in [2.24, 2.45) is 5.92 Å². The smallest absolute Gasteiger partial charge is 0.243 e. The van der Waals surface area contributed by atoms with Gasteiger partial charge in [0.2, 0.25) is 15.9 Å². The molecular formula is C24H23F2N3O3S. The third-order valence-electron chi connectivity index (χ3n) is 5.81. The second-order valence-electron chi connectivity index (χ2n) is 7.89. The van der Waals surface area contributed by atoms with E-state index < -0.39 is 21.7 Å². The molecule has 172 valence electrons. The number of nitrogens with zero attached hydrogens (tertiary/aromatic N) is 2. The van der Waals surface area contributed by atoms with Gasteiger partial charge in [-0.1, -0.05) is 30.3 Å². The quantitative estimate of drug-likeness (QED) is 0.595. The molecule has 0 bridgehead atoms. The monoisotopic (exact) mass is 471 g/mol. The van der Waals surface area contributed by atoms with Crippen LogP contribution in [0.3, 0.4) is 0 Å². The molecule has 4 rings (SSSR count). The van der Waals surface area contributed by atoms with Crippen molar-refractivity contribution >= 4 is 15.9 Å². The molecular weight excluding hydrogens is 448 g/mol. The first-order valence-electron chi connectivity index (χ1n) is 10.6. The molecule has 0 aliphatic carbocycles. The van der Waals surface area contributed by atoms with Gasteiger partial charge >= 0.3 is 0 Å². The van der Waals surface area contributed by atoms with Crippen molar-refractivity contribution in [1.29, 1.82) is 0 Å². The van der Waals surface area contributed by atoms with Gasteiger partial charge in [-0.15, -0.1) is 0 Å². The van der Waals surface area contributed by atoms with E-state index in [1.54, 1.807) is 12.4 Å². The highest BCUT2D eigenvalue weighted by Crippen LogP contribution is 2.27. The van der Waals surface area contributed by atoms with Crippen LogP contribution >= 0.6 is 0 Å². The lowest BCUT2D eigenvalue weighted by atomic mass is 9.94. The van der Waals surface area contributed by atoms with Gasteiger partial charge in [0.15, 0.2) is 11.6 Å². The molecule has 1 unspecified atom stereocenters. The van der Waals surface area contributed by atoms with E-state index in [-0.39, 0.29) is 35.9 Å². The molecule has 1 saturated heterocycles. The van der Waals surface area contributed by atoms with Crippen LogP contribution in [-0.2, 0) is 14.8 Å². The number of pyridine rings is 1. The van der Waals surface area contributed by atoms with Crippen LogP contribution < -0.4 is 5.32 Å². The van der Waals surface area contributed by atoms with Crippen molar-refractivity contribution in [2.75, 3.05) is 13.1 Å². The zero-order valence-corrected chi connectivity index (χ0v) is 18.5. The van der Waals surface area contributed by atoms with E-state index in [0.29, 0.717) is 18.9 Å². The van der Waals surface area contributed by atoms with Crippen LogP contribution in [0.1, 0.15) is 30.0 Å². The fourth-order valence-corrected chi connectivity index (χ4v) is 5.45. The fraction of sp³-hybridized carbons (Fsp3) is 0.250. The zero-order chi connectivity index (χ0) is 23.4. The number of rotatable bonds is 6. The lowest BCUT2D eigenvalue weighted by Crippen LogP contribution is -2.43. The minimum Gasteiger partial charge on any atom is -0.345 e. The molecule has 3 aromatic rings. The third kappa shape index (κ3) is 5.09. The summed E-state index contributed by atoms with van der Waals surface area (Å²) in [5.41, 5.74) is 1.82. The predicted octanol–water partition coefficient (Wildman–Crippen LogP) is 3.67. The average Bonchev–Trinajstić information content (AvgIpc) is 2.85. The Morgan fingerprint density at radius 1 is 0.939 bits per heavy atom. The minimum atomic E-state index is -3.97. The number of carbonyl (C=O) groups excluding carboxylic acids is 1. The first-order valence-corrected chi connectivity index (χ1v) is 12.0.